The molecule has 0 spiro atoms. The van der Waals surface area contributed by atoms with Crippen LogP contribution >= 0.6 is 0 Å². The van der Waals surface area contributed by atoms with Gasteiger partial charge in [0.15, 0.2) is 12.1 Å². The zero-order valence-corrected chi connectivity index (χ0v) is 12.0. The van der Waals surface area contributed by atoms with Crippen LogP contribution in [0.15, 0.2) is 23.0 Å². The first-order valence-corrected chi connectivity index (χ1v) is 7.11. The summed E-state index contributed by atoms with van der Waals surface area (Å²) in [5.41, 5.74) is -1.12. The maximum Gasteiger partial charge on any atom is 0.417 e. The van der Waals surface area contributed by atoms with E-state index in [4.69, 9.17) is 14.0 Å². The minimum atomic E-state index is -4.53. The molecule has 6 nitrogen and oxygen atoms in total. The summed E-state index contributed by atoms with van der Waals surface area (Å²) < 4.78 is 54.9. The quantitative estimate of drug-likeness (QED) is 0.862. The lowest BCUT2D eigenvalue weighted by molar-refractivity contribution is -0.137. The summed E-state index contributed by atoms with van der Waals surface area (Å²) >= 11 is 0. The first-order chi connectivity index (χ1) is 11.0. The molecule has 9 heteroatoms. The molecule has 1 saturated heterocycles. The molecule has 0 bridgehead atoms. The van der Waals surface area contributed by atoms with Crippen molar-refractivity contribution >= 4 is 0 Å². The van der Waals surface area contributed by atoms with Crippen LogP contribution in [0.3, 0.4) is 0 Å². The van der Waals surface area contributed by atoms with Gasteiger partial charge in [-0.25, -0.2) is 0 Å². The van der Waals surface area contributed by atoms with Crippen LogP contribution in [-0.4, -0.2) is 34.6 Å². The van der Waals surface area contributed by atoms with Crippen LogP contribution in [0.4, 0.5) is 13.2 Å². The second-order valence-electron chi connectivity index (χ2n) is 5.02. The van der Waals surface area contributed by atoms with E-state index in [2.05, 4.69) is 15.1 Å². The molecular formula is C14H14F3N3O3. The average Bonchev–Trinajstić information content (AvgIpc) is 2.82. The van der Waals surface area contributed by atoms with E-state index in [1.165, 1.54) is 0 Å². The van der Waals surface area contributed by atoms with E-state index >= 15 is 0 Å². The molecular weight excluding hydrogens is 315 g/mol. The van der Waals surface area contributed by atoms with E-state index in [-0.39, 0.29) is 23.7 Å². The van der Waals surface area contributed by atoms with Gasteiger partial charge in [0.1, 0.15) is 0 Å². The van der Waals surface area contributed by atoms with Crippen molar-refractivity contribution in [2.24, 2.45) is 0 Å². The first-order valence-electron chi connectivity index (χ1n) is 7.11. The fourth-order valence-corrected chi connectivity index (χ4v) is 2.21. The van der Waals surface area contributed by atoms with E-state index in [0.717, 1.165) is 31.3 Å². The average molecular weight is 329 g/mol. The van der Waals surface area contributed by atoms with E-state index in [1.54, 1.807) is 0 Å². The molecule has 0 aliphatic carbocycles. The number of rotatable bonds is 3. The van der Waals surface area contributed by atoms with Crippen molar-refractivity contribution in [1.82, 2.24) is 15.1 Å². The predicted octanol–water partition coefficient (Wildman–Crippen LogP) is 2.85. The molecule has 0 radical (unpaired) electrons. The molecule has 0 N–H and O–H groups in total. The van der Waals surface area contributed by atoms with Crippen LogP contribution in [-0.2, 0) is 22.1 Å². The van der Waals surface area contributed by atoms with Gasteiger partial charge in [-0.15, -0.1) is 0 Å². The molecule has 23 heavy (non-hydrogen) atoms. The van der Waals surface area contributed by atoms with E-state index in [1.807, 2.05) is 0 Å². The number of alkyl halides is 3. The monoisotopic (exact) mass is 329 g/mol. The van der Waals surface area contributed by atoms with Crippen LogP contribution in [0.5, 0.6) is 0 Å². The number of hydrogen-bond donors (Lipinski definition) is 0. The Morgan fingerprint density at radius 1 is 1.17 bits per heavy atom. The first kappa shape index (κ1) is 15.9. The molecule has 2 aromatic heterocycles. The van der Waals surface area contributed by atoms with Gasteiger partial charge in [-0.1, -0.05) is 5.16 Å². The Morgan fingerprint density at radius 3 is 2.61 bits per heavy atom. The van der Waals surface area contributed by atoms with Crippen LogP contribution < -0.4 is 0 Å². The Kier molecular flexibility index (Phi) is 4.58. The lowest BCUT2D eigenvalue weighted by Gasteiger charge is -2.12. The van der Waals surface area contributed by atoms with E-state index < -0.39 is 18.0 Å². The van der Waals surface area contributed by atoms with Crippen LogP contribution in [0, 0.1) is 0 Å². The number of aromatic nitrogens is 3. The van der Waals surface area contributed by atoms with Crippen molar-refractivity contribution in [3.05, 3.63) is 29.8 Å². The van der Waals surface area contributed by atoms with Gasteiger partial charge in [-0.3, -0.25) is 4.98 Å². The lowest BCUT2D eigenvalue weighted by Crippen LogP contribution is -2.19. The van der Waals surface area contributed by atoms with Gasteiger partial charge in [0.05, 0.1) is 17.5 Å². The highest BCUT2D eigenvalue weighted by molar-refractivity contribution is 5.57. The second kappa shape index (κ2) is 6.63. The summed E-state index contributed by atoms with van der Waals surface area (Å²) in [5.74, 6) is -0.00192. The Hall–Kier alpha value is -2.00. The molecule has 0 saturated carbocycles. The van der Waals surface area contributed by atoms with Crippen LogP contribution in [0.1, 0.15) is 24.2 Å². The Bertz CT molecular complexity index is 652. The predicted molar refractivity (Wildman–Crippen MR) is 71.2 cm³/mol. The van der Waals surface area contributed by atoms with Crippen molar-refractivity contribution in [1.29, 1.82) is 0 Å². The molecule has 3 heterocycles. The molecule has 1 aliphatic rings. The summed E-state index contributed by atoms with van der Waals surface area (Å²) in [6.07, 6.45) is -0.905. The maximum absolute atomic E-state index is 13.0. The van der Waals surface area contributed by atoms with Crippen LogP contribution in [0.25, 0.3) is 11.5 Å². The smallest absolute Gasteiger partial charge is 0.352 e. The van der Waals surface area contributed by atoms with E-state index in [9.17, 15) is 13.2 Å². The zero-order valence-electron chi connectivity index (χ0n) is 12.0. The largest absolute Gasteiger partial charge is 0.417 e. The van der Waals surface area contributed by atoms with Gasteiger partial charge < -0.3 is 14.0 Å². The second-order valence-corrected chi connectivity index (χ2v) is 5.02. The molecule has 0 atom stereocenters. The molecule has 0 unspecified atom stereocenters. The van der Waals surface area contributed by atoms with Gasteiger partial charge in [0.2, 0.25) is 0 Å². The zero-order chi connectivity index (χ0) is 16.3. The van der Waals surface area contributed by atoms with Gasteiger partial charge in [0, 0.05) is 25.6 Å². The maximum atomic E-state index is 13.0. The van der Waals surface area contributed by atoms with Gasteiger partial charge in [-0.2, -0.15) is 18.2 Å². The SMILES string of the molecule is FC(F)(F)c1ccncc1-c1nc(CC2OCCCCO2)no1. The van der Waals surface area contributed by atoms with Crippen molar-refractivity contribution in [3.63, 3.8) is 0 Å². The summed E-state index contributed by atoms with van der Waals surface area (Å²) in [6.45, 7) is 1.13. The molecule has 2 aromatic rings. The summed E-state index contributed by atoms with van der Waals surface area (Å²) in [5, 5.41) is 3.70. The Labute approximate surface area is 129 Å². The topological polar surface area (TPSA) is 70.3 Å². The summed E-state index contributed by atoms with van der Waals surface area (Å²) in [7, 11) is 0. The standard InChI is InChI=1S/C14H14F3N3O3/c15-14(16,17)10-3-4-18-8-9(10)13-19-11(20-23-13)7-12-21-5-1-2-6-22-12/h3-4,8,12H,1-2,5-7H2. The lowest BCUT2D eigenvalue weighted by atomic mass is 10.1. The number of nitrogens with zero attached hydrogens (tertiary/aromatic N) is 3. The van der Waals surface area contributed by atoms with Crippen molar-refractivity contribution in [3.8, 4) is 11.5 Å². The molecule has 1 aliphatic heterocycles. The van der Waals surface area contributed by atoms with Gasteiger partial charge >= 0.3 is 6.18 Å². The van der Waals surface area contributed by atoms with Crippen molar-refractivity contribution in [2.75, 3.05) is 13.2 Å². The van der Waals surface area contributed by atoms with Crippen molar-refractivity contribution < 1.29 is 27.2 Å². The molecule has 3 rings (SSSR count). The Morgan fingerprint density at radius 2 is 1.91 bits per heavy atom. The molecule has 0 aromatic carbocycles. The Balaban J connectivity index is 1.79. The number of ether oxygens (including phenoxy) is 2. The van der Waals surface area contributed by atoms with Gasteiger partial charge in [0.25, 0.3) is 5.89 Å². The third kappa shape index (κ3) is 3.85. The normalized spacial score (nSPS) is 17.2. The highest BCUT2D eigenvalue weighted by Gasteiger charge is 2.35. The molecule has 1 fully saturated rings. The third-order valence-corrected chi connectivity index (χ3v) is 3.32. The fourth-order valence-electron chi connectivity index (χ4n) is 2.21. The van der Waals surface area contributed by atoms with E-state index in [0.29, 0.717) is 13.2 Å². The third-order valence-electron chi connectivity index (χ3n) is 3.32. The highest BCUT2D eigenvalue weighted by Crippen LogP contribution is 2.35. The summed E-state index contributed by atoms with van der Waals surface area (Å²) in [6, 6.07) is 0.872. The van der Waals surface area contributed by atoms with Gasteiger partial charge in [-0.05, 0) is 18.9 Å². The van der Waals surface area contributed by atoms with Crippen LogP contribution in [0.2, 0.25) is 0 Å². The summed E-state index contributed by atoms with van der Waals surface area (Å²) in [4.78, 5) is 7.70. The minimum Gasteiger partial charge on any atom is -0.352 e. The number of halogens is 3. The molecule has 0 amide bonds. The number of hydrogen-bond acceptors (Lipinski definition) is 6. The fraction of sp³-hybridized carbons (Fsp3) is 0.500. The molecule has 124 valence electrons. The number of pyridine rings is 1. The highest BCUT2D eigenvalue weighted by atomic mass is 19.4. The van der Waals surface area contributed by atoms with Crippen molar-refractivity contribution in [2.45, 2.75) is 31.7 Å². The minimum absolute atomic E-state index is 0.213.